The van der Waals surface area contributed by atoms with E-state index in [9.17, 15) is 4.79 Å². The van der Waals surface area contributed by atoms with Gasteiger partial charge in [0.15, 0.2) is 11.5 Å². The van der Waals surface area contributed by atoms with Crippen LogP contribution in [-0.2, 0) is 5.54 Å². The van der Waals surface area contributed by atoms with E-state index in [4.69, 9.17) is 14.2 Å². The number of rotatable bonds is 6. The van der Waals surface area contributed by atoms with E-state index in [1.54, 1.807) is 21.3 Å². The summed E-state index contributed by atoms with van der Waals surface area (Å²) < 4.78 is 16.0. The molecule has 1 aliphatic carbocycles. The van der Waals surface area contributed by atoms with E-state index in [0.29, 0.717) is 22.9 Å². The third-order valence-electron chi connectivity index (χ3n) is 4.64. The molecule has 26 heavy (non-hydrogen) atoms. The number of carbonyl (C=O) groups excluding carboxylic acids is 1. The number of ether oxygens (including phenoxy) is 3. The van der Waals surface area contributed by atoms with Crippen LogP contribution in [0.15, 0.2) is 36.4 Å². The number of benzene rings is 2. The molecule has 0 bridgehead atoms. The van der Waals surface area contributed by atoms with E-state index in [1.807, 2.05) is 43.3 Å². The first-order valence-corrected chi connectivity index (χ1v) is 8.47. The molecule has 3 rings (SSSR count). The van der Waals surface area contributed by atoms with Crippen molar-refractivity contribution < 1.29 is 19.0 Å². The molecule has 2 N–H and O–H groups in total. The number of anilines is 1. The molecule has 0 saturated heterocycles. The fraction of sp³-hybridized carbons (Fsp3) is 0.350. The van der Waals surface area contributed by atoms with Crippen LogP contribution < -0.4 is 24.8 Å². The van der Waals surface area contributed by atoms with Gasteiger partial charge in [-0.1, -0.05) is 12.1 Å². The van der Waals surface area contributed by atoms with Gasteiger partial charge in [-0.2, -0.15) is 0 Å². The molecule has 1 fully saturated rings. The first kappa shape index (κ1) is 17.9. The Kier molecular flexibility index (Phi) is 4.93. The second-order valence-corrected chi connectivity index (χ2v) is 6.43. The molecule has 2 amide bonds. The topological polar surface area (TPSA) is 68.8 Å². The van der Waals surface area contributed by atoms with Crippen molar-refractivity contribution >= 4 is 11.7 Å². The highest BCUT2D eigenvalue weighted by atomic mass is 16.5. The molecular formula is C20H24N2O4. The Hall–Kier alpha value is -2.89. The van der Waals surface area contributed by atoms with Crippen molar-refractivity contribution in [2.75, 3.05) is 26.6 Å². The highest BCUT2D eigenvalue weighted by Crippen LogP contribution is 2.47. The summed E-state index contributed by atoms with van der Waals surface area (Å²) in [5.74, 6) is 1.95. The average molecular weight is 356 g/mol. The van der Waals surface area contributed by atoms with Gasteiger partial charge in [0.25, 0.3) is 0 Å². The Balaban J connectivity index is 1.76. The fourth-order valence-corrected chi connectivity index (χ4v) is 3.04. The minimum absolute atomic E-state index is 0.263. The van der Waals surface area contributed by atoms with E-state index < -0.39 is 0 Å². The normalized spacial score (nSPS) is 14.3. The van der Waals surface area contributed by atoms with Crippen LogP contribution in [0.25, 0.3) is 0 Å². The van der Waals surface area contributed by atoms with Gasteiger partial charge in [0.1, 0.15) is 5.75 Å². The van der Waals surface area contributed by atoms with Gasteiger partial charge < -0.3 is 24.8 Å². The van der Waals surface area contributed by atoms with Crippen molar-refractivity contribution in [1.29, 1.82) is 0 Å². The van der Waals surface area contributed by atoms with Crippen molar-refractivity contribution in [3.8, 4) is 17.2 Å². The lowest BCUT2D eigenvalue weighted by Crippen LogP contribution is -2.38. The van der Waals surface area contributed by atoms with Gasteiger partial charge >= 0.3 is 6.03 Å². The number of aryl methyl sites for hydroxylation is 1. The minimum Gasteiger partial charge on any atom is -0.495 e. The second-order valence-electron chi connectivity index (χ2n) is 6.43. The van der Waals surface area contributed by atoms with Gasteiger partial charge in [-0.25, -0.2) is 4.79 Å². The largest absolute Gasteiger partial charge is 0.495 e. The summed E-state index contributed by atoms with van der Waals surface area (Å²) in [5.41, 5.74) is 2.32. The molecular weight excluding hydrogens is 332 g/mol. The van der Waals surface area contributed by atoms with Crippen LogP contribution in [0.4, 0.5) is 10.5 Å². The van der Waals surface area contributed by atoms with E-state index in [-0.39, 0.29) is 11.6 Å². The van der Waals surface area contributed by atoms with Crippen LogP contribution >= 0.6 is 0 Å². The molecule has 6 nitrogen and oxygen atoms in total. The number of hydrogen-bond acceptors (Lipinski definition) is 4. The van der Waals surface area contributed by atoms with Gasteiger partial charge in [0.05, 0.1) is 32.6 Å². The zero-order valence-corrected chi connectivity index (χ0v) is 15.5. The van der Waals surface area contributed by atoms with Gasteiger partial charge in [-0.15, -0.1) is 0 Å². The monoisotopic (exact) mass is 356 g/mol. The Morgan fingerprint density at radius 2 is 1.58 bits per heavy atom. The SMILES string of the molecule is COc1ccc(C)cc1NC(=O)NC1(c2ccc(OC)c(OC)c2)CC1. The number of hydrogen-bond donors (Lipinski definition) is 2. The maximum absolute atomic E-state index is 12.6. The highest BCUT2D eigenvalue weighted by Gasteiger charge is 2.46. The maximum atomic E-state index is 12.6. The number of urea groups is 1. The predicted molar refractivity (Wildman–Crippen MR) is 100 cm³/mol. The van der Waals surface area contributed by atoms with E-state index in [1.165, 1.54) is 0 Å². The number of carbonyl (C=O) groups is 1. The molecule has 1 saturated carbocycles. The molecule has 0 radical (unpaired) electrons. The summed E-state index contributed by atoms with van der Waals surface area (Å²) in [6.45, 7) is 1.97. The highest BCUT2D eigenvalue weighted by molar-refractivity contribution is 5.92. The predicted octanol–water partition coefficient (Wildman–Crippen LogP) is 3.83. The summed E-state index contributed by atoms with van der Waals surface area (Å²) >= 11 is 0. The summed E-state index contributed by atoms with van der Waals surface area (Å²) in [7, 11) is 4.79. The molecule has 6 heteroatoms. The molecule has 0 atom stereocenters. The van der Waals surface area contributed by atoms with Crippen LogP contribution in [0.1, 0.15) is 24.0 Å². The molecule has 2 aromatic carbocycles. The molecule has 1 aliphatic rings. The van der Waals surface area contributed by atoms with Crippen LogP contribution in [0.2, 0.25) is 0 Å². The Labute approximate surface area is 153 Å². The summed E-state index contributed by atoms with van der Waals surface area (Å²) in [4.78, 5) is 12.6. The van der Waals surface area contributed by atoms with Gasteiger partial charge in [0.2, 0.25) is 0 Å². The van der Waals surface area contributed by atoms with E-state index >= 15 is 0 Å². The van der Waals surface area contributed by atoms with E-state index in [2.05, 4.69) is 10.6 Å². The Morgan fingerprint density at radius 3 is 2.19 bits per heavy atom. The van der Waals surface area contributed by atoms with Gasteiger partial charge in [0, 0.05) is 0 Å². The van der Waals surface area contributed by atoms with Crippen molar-refractivity contribution in [1.82, 2.24) is 5.32 Å². The first-order valence-electron chi connectivity index (χ1n) is 8.47. The molecule has 0 spiro atoms. The van der Waals surface area contributed by atoms with Crippen molar-refractivity contribution in [2.24, 2.45) is 0 Å². The van der Waals surface area contributed by atoms with Crippen LogP contribution in [0, 0.1) is 6.92 Å². The molecule has 2 aromatic rings. The van der Waals surface area contributed by atoms with Crippen molar-refractivity contribution in [3.05, 3.63) is 47.5 Å². The molecule has 0 aliphatic heterocycles. The quantitative estimate of drug-likeness (QED) is 0.825. The molecule has 0 aromatic heterocycles. The van der Waals surface area contributed by atoms with Crippen LogP contribution in [0.3, 0.4) is 0 Å². The number of methoxy groups -OCH3 is 3. The van der Waals surface area contributed by atoms with Crippen LogP contribution in [0.5, 0.6) is 17.2 Å². The average Bonchev–Trinajstić information content (AvgIpc) is 3.41. The lowest BCUT2D eigenvalue weighted by Gasteiger charge is -2.20. The zero-order valence-electron chi connectivity index (χ0n) is 15.5. The Bertz CT molecular complexity index is 815. The van der Waals surface area contributed by atoms with E-state index in [0.717, 1.165) is 24.0 Å². The zero-order chi connectivity index (χ0) is 18.7. The minimum atomic E-state index is -0.374. The number of amides is 2. The molecule has 0 heterocycles. The Morgan fingerprint density at radius 1 is 0.923 bits per heavy atom. The lowest BCUT2D eigenvalue weighted by atomic mass is 10.0. The first-order chi connectivity index (χ1) is 12.5. The van der Waals surface area contributed by atoms with Crippen LogP contribution in [-0.4, -0.2) is 27.4 Å². The third-order valence-corrected chi connectivity index (χ3v) is 4.64. The summed E-state index contributed by atoms with van der Waals surface area (Å²) in [5, 5.41) is 5.98. The fourth-order valence-electron chi connectivity index (χ4n) is 3.04. The smallest absolute Gasteiger partial charge is 0.320 e. The van der Waals surface area contributed by atoms with Gasteiger partial charge in [-0.05, 0) is 55.2 Å². The van der Waals surface area contributed by atoms with Crippen molar-refractivity contribution in [3.63, 3.8) is 0 Å². The molecule has 138 valence electrons. The maximum Gasteiger partial charge on any atom is 0.320 e. The second kappa shape index (κ2) is 7.15. The lowest BCUT2D eigenvalue weighted by molar-refractivity contribution is 0.247. The standard InChI is InChI=1S/C20H24N2O4/c1-13-5-7-16(24-2)15(11-13)21-19(23)22-20(9-10-20)14-6-8-17(25-3)18(12-14)26-4/h5-8,11-12H,9-10H2,1-4H3,(H2,21,22,23). The summed E-state index contributed by atoms with van der Waals surface area (Å²) in [6.07, 6.45) is 1.75. The third kappa shape index (κ3) is 3.54. The van der Waals surface area contributed by atoms with Crippen molar-refractivity contribution in [2.45, 2.75) is 25.3 Å². The molecule has 0 unspecified atom stereocenters. The summed E-state index contributed by atoms with van der Waals surface area (Å²) in [6, 6.07) is 11.1. The van der Waals surface area contributed by atoms with Gasteiger partial charge in [-0.3, -0.25) is 0 Å². The number of nitrogens with one attached hydrogen (secondary N) is 2.